The minimum atomic E-state index is -0.341. The molecule has 0 aromatic carbocycles. The fraction of sp³-hybridized carbons (Fsp3) is 1.00. The SMILES string of the molecule is COC12CC3CC4CC(O)(C1)CC432. The van der Waals surface area contributed by atoms with Gasteiger partial charge in [-0.25, -0.2) is 0 Å². The summed E-state index contributed by atoms with van der Waals surface area (Å²) in [6, 6.07) is 0. The molecule has 2 nitrogen and oxygen atoms in total. The second kappa shape index (κ2) is 1.59. The van der Waals surface area contributed by atoms with Gasteiger partial charge in [0.25, 0.3) is 0 Å². The quantitative estimate of drug-likeness (QED) is 0.659. The van der Waals surface area contributed by atoms with Gasteiger partial charge in [-0.15, -0.1) is 0 Å². The van der Waals surface area contributed by atoms with Crippen LogP contribution < -0.4 is 0 Å². The fourth-order valence-corrected chi connectivity index (χ4v) is 5.44. The van der Waals surface area contributed by atoms with E-state index in [-0.39, 0.29) is 11.2 Å². The number of hydrogen-bond acceptors (Lipinski definition) is 2. The molecule has 4 aliphatic carbocycles. The van der Waals surface area contributed by atoms with Crippen LogP contribution in [0.3, 0.4) is 0 Å². The average Bonchev–Trinajstić information content (AvgIpc) is 2.46. The minimum absolute atomic E-state index is 0.105. The lowest BCUT2D eigenvalue weighted by Crippen LogP contribution is -2.71. The van der Waals surface area contributed by atoms with Gasteiger partial charge in [0, 0.05) is 18.9 Å². The van der Waals surface area contributed by atoms with Crippen molar-refractivity contribution in [3.63, 3.8) is 0 Å². The van der Waals surface area contributed by atoms with Crippen LogP contribution in [-0.4, -0.2) is 23.4 Å². The molecule has 1 N–H and O–H groups in total. The van der Waals surface area contributed by atoms with Gasteiger partial charge >= 0.3 is 0 Å². The van der Waals surface area contributed by atoms with Crippen LogP contribution in [0.4, 0.5) is 0 Å². The summed E-state index contributed by atoms with van der Waals surface area (Å²) in [6.07, 6.45) is 5.62. The van der Waals surface area contributed by atoms with Crippen LogP contribution in [0, 0.1) is 17.3 Å². The van der Waals surface area contributed by atoms with Gasteiger partial charge in [-0.05, 0) is 37.5 Å². The molecule has 0 aromatic heterocycles. The highest BCUT2D eigenvalue weighted by Crippen LogP contribution is 2.84. The van der Waals surface area contributed by atoms with Gasteiger partial charge in [-0.2, -0.15) is 0 Å². The van der Waals surface area contributed by atoms with Crippen molar-refractivity contribution in [1.29, 1.82) is 0 Å². The number of ether oxygens (including phenoxy) is 1. The predicted octanol–water partition coefficient (Wildman–Crippen LogP) is 1.33. The molecule has 2 heteroatoms. The van der Waals surface area contributed by atoms with Crippen molar-refractivity contribution in [3.8, 4) is 0 Å². The van der Waals surface area contributed by atoms with E-state index in [0.717, 1.165) is 31.1 Å². The Morgan fingerprint density at radius 1 is 1.23 bits per heavy atom. The Labute approximate surface area is 78.3 Å². The average molecular weight is 180 g/mol. The maximum atomic E-state index is 10.3. The zero-order valence-electron chi connectivity index (χ0n) is 8.05. The third-order valence-electron chi connectivity index (χ3n) is 5.70. The molecule has 0 aliphatic heterocycles. The van der Waals surface area contributed by atoms with Crippen molar-refractivity contribution in [2.75, 3.05) is 7.11 Å². The third kappa shape index (κ3) is 0.471. The second-order valence-electron chi connectivity index (χ2n) is 5.85. The Morgan fingerprint density at radius 2 is 2.00 bits per heavy atom. The Bertz CT molecular complexity index is 298. The molecule has 13 heavy (non-hydrogen) atoms. The summed E-state index contributed by atoms with van der Waals surface area (Å²) >= 11 is 0. The molecule has 0 aromatic rings. The van der Waals surface area contributed by atoms with Crippen molar-refractivity contribution in [2.24, 2.45) is 17.3 Å². The van der Waals surface area contributed by atoms with E-state index >= 15 is 0 Å². The number of fused-ring (bicyclic) bond motifs is 1. The lowest BCUT2D eigenvalue weighted by Gasteiger charge is -2.71. The van der Waals surface area contributed by atoms with E-state index < -0.39 is 0 Å². The first-order valence-electron chi connectivity index (χ1n) is 5.42. The van der Waals surface area contributed by atoms with E-state index in [9.17, 15) is 5.11 Å². The van der Waals surface area contributed by atoms with Crippen molar-refractivity contribution >= 4 is 0 Å². The number of hydrogen-bond donors (Lipinski definition) is 1. The highest BCUT2D eigenvalue weighted by molar-refractivity contribution is 5.34. The molecule has 0 heterocycles. The van der Waals surface area contributed by atoms with E-state index in [4.69, 9.17) is 4.74 Å². The van der Waals surface area contributed by atoms with E-state index in [0.29, 0.717) is 5.41 Å². The molecular formula is C11H16O2. The molecule has 5 atom stereocenters. The summed E-state index contributed by atoms with van der Waals surface area (Å²) < 4.78 is 5.73. The van der Waals surface area contributed by atoms with E-state index in [2.05, 4.69) is 0 Å². The van der Waals surface area contributed by atoms with Gasteiger partial charge in [0.05, 0.1) is 11.2 Å². The van der Waals surface area contributed by atoms with Crippen molar-refractivity contribution in [2.45, 2.75) is 43.3 Å². The Kier molecular flexibility index (Phi) is 0.885. The highest BCUT2D eigenvalue weighted by atomic mass is 16.5. The summed E-state index contributed by atoms with van der Waals surface area (Å²) in [6.45, 7) is 0. The fourth-order valence-electron chi connectivity index (χ4n) is 5.44. The van der Waals surface area contributed by atoms with E-state index in [1.807, 2.05) is 7.11 Å². The van der Waals surface area contributed by atoms with Crippen LogP contribution in [0.5, 0.6) is 0 Å². The highest BCUT2D eigenvalue weighted by Gasteiger charge is 2.84. The maximum absolute atomic E-state index is 10.3. The first kappa shape index (κ1) is 7.24. The van der Waals surface area contributed by atoms with Crippen LogP contribution in [0.25, 0.3) is 0 Å². The van der Waals surface area contributed by atoms with Gasteiger partial charge in [0.15, 0.2) is 0 Å². The second-order valence-corrected chi connectivity index (χ2v) is 5.85. The van der Waals surface area contributed by atoms with Gasteiger partial charge < -0.3 is 9.84 Å². The third-order valence-corrected chi connectivity index (χ3v) is 5.70. The van der Waals surface area contributed by atoms with Crippen LogP contribution in [0.2, 0.25) is 0 Å². The molecule has 4 rings (SSSR count). The molecule has 4 fully saturated rings. The van der Waals surface area contributed by atoms with Gasteiger partial charge in [-0.3, -0.25) is 0 Å². The topological polar surface area (TPSA) is 29.5 Å². The zero-order chi connectivity index (χ0) is 8.90. The molecule has 72 valence electrons. The molecule has 5 unspecified atom stereocenters. The van der Waals surface area contributed by atoms with Crippen LogP contribution in [0.1, 0.15) is 32.1 Å². The summed E-state index contributed by atoms with van der Waals surface area (Å²) in [4.78, 5) is 0. The summed E-state index contributed by atoms with van der Waals surface area (Å²) in [5, 5.41) is 10.3. The maximum Gasteiger partial charge on any atom is 0.0771 e. The van der Waals surface area contributed by atoms with Crippen molar-refractivity contribution < 1.29 is 9.84 Å². The van der Waals surface area contributed by atoms with Crippen molar-refractivity contribution in [1.82, 2.24) is 0 Å². The molecule has 0 radical (unpaired) electrons. The largest absolute Gasteiger partial charge is 0.390 e. The van der Waals surface area contributed by atoms with Crippen LogP contribution in [-0.2, 0) is 4.74 Å². The zero-order valence-corrected chi connectivity index (χ0v) is 8.05. The molecular weight excluding hydrogens is 164 g/mol. The molecule has 4 aliphatic rings. The number of rotatable bonds is 1. The smallest absolute Gasteiger partial charge is 0.0771 e. The van der Waals surface area contributed by atoms with E-state index in [1.165, 1.54) is 12.8 Å². The van der Waals surface area contributed by atoms with Crippen molar-refractivity contribution in [3.05, 3.63) is 0 Å². The first-order valence-corrected chi connectivity index (χ1v) is 5.42. The monoisotopic (exact) mass is 180 g/mol. The summed E-state index contributed by atoms with van der Waals surface area (Å²) in [7, 11) is 1.84. The molecule has 0 amide bonds. The first-order chi connectivity index (χ1) is 6.14. The molecule has 2 bridgehead atoms. The Hall–Kier alpha value is -0.0800. The van der Waals surface area contributed by atoms with Gasteiger partial charge in [0.2, 0.25) is 0 Å². The molecule has 0 saturated heterocycles. The molecule has 1 spiro atoms. The van der Waals surface area contributed by atoms with Crippen LogP contribution >= 0.6 is 0 Å². The predicted molar refractivity (Wildman–Crippen MR) is 47.2 cm³/mol. The molecule has 4 saturated carbocycles. The van der Waals surface area contributed by atoms with Gasteiger partial charge in [0.1, 0.15) is 0 Å². The summed E-state index contributed by atoms with van der Waals surface area (Å²) in [5.74, 6) is 1.69. The lowest BCUT2D eigenvalue weighted by atomic mass is 9.36. The Morgan fingerprint density at radius 3 is 2.54 bits per heavy atom. The normalized spacial score (nSPS) is 71.5. The van der Waals surface area contributed by atoms with Gasteiger partial charge in [-0.1, -0.05) is 0 Å². The minimum Gasteiger partial charge on any atom is -0.390 e. The Balaban J connectivity index is 1.87. The lowest BCUT2D eigenvalue weighted by molar-refractivity contribution is -0.298. The summed E-state index contributed by atoms with van der Waals surface area (Å²) in [5.41, 5.74) is 0.204. The standard InChI is InChI=1S/C11H16O2/c1-13-10-4-8-2-7-3-9(12,5-10)6-11(7,8)10/h7-8,12H,2-6H2,1H3. The van der Waals surface area contributed by atoms with E-state index in [1.54, 1.807) is 0 Å². The van der Waals surface area contributed by atoms with Crippen LogP contribution in [0.15, 0.2) is 0 Å². The number of aliphatic hydroxyl groups is 1. The number of methoxy groups -OCH3 is 1.